The van der Waals surface area contributed by atoms with Crippen molar-refractivity contribution in [1.29, 1.82) is 0 Å². The van der Waals surface area contributed by atoms with Gasteiger partial charge < -0.3 is 14.4 Å². The van der Waals surface area contributed by atoms with Gasteiger partial charge in [0.1, 0.15) is 11.9 Å². The molecule has 2 aliphatic rings. The molecule has 0 aliphatic carbocycles. The molecule has 11 heteroatoms. The average Bonchev–Trinajstić information content (AvgIpc) is 2.72. The molecular formula is C19H22F3N5O3. The van der Waals surface area contributed by atoms with E-state index in [0.717, 1.165) is 4.90 Å². The van der Waals surface area contributed by atoms with Crippen LogP contribution in [-0.4, -0.2) is 59.7 Å². The number of ether oxygens (including phenoxy) is 2. The molecule has 0 unspecified atom stereocenters. The van der Waals surface area contributed by atoms with Crippen molar-refractivity contribution in [2.24, 2.45) is 0 Å². The number of rotatable bonds is 3. The number of halogens is 3. The van der Waals surface area contributed by atoms with Crippen LogP contribution >= 0.6 is 0 Å². The Labute approximate surface area is 170 Å². The Morgan fingerprint density at radius 2 is 2.07 bits per heavy atom. The van der Waals surface area contributed by atoms with E-state index in [1.54, 1.807) is 0 Å². The molecule has 4 rings (SSSR count). The molecule has 30 heavy (non-hydrogen) atoms. The molecule has 4 heterocycles. The lowest BCUT2D eigenvalue weighted by Crippen LogP contribution is -2.51. The Balaban J connectivity index is 1.87. The standard InChI is InChI=1S/C19H22F3N5O3/c1-12-11-30-8-7-25(12)15-10-17(28)26-6-4-14(19(20,21)22)27(18(26)24-15)13-3-5-23-16(9-13)29-2/h3,5,9-10,12,14H,4,6-8,11H2,1-2H3/t12-,14+/m1/s1. The maximum Gasteiger partial charge on any atom is 0.409 e. The van der Waals surface area contributed by atoms with E-state index in [1.807, 2.05) is 11.8 Å². The topological polar surface area (TPSA) is 72.7 Å². The van der Waals surface area contributed by atoms with Gasteiger partial charge in [-0.2, -0.15) is 18.2 Å². The third-order valence-electron chi connectivity index (χ3n) is 5.37. The molecule has 2 aromatic rings. The molecule has 0 bridgehead atoms. The third kappa shape index (κ3) is 3.69. The van der Waals surface area contributed by atoms with Gasteiger partial charge >= 0.3 is 6.18 Å². The molecule has 2 aliphatic heterocycles. The van der Waals surface area contributed by atoms with E-state index in [1.165, 1.54) is 36.1 Å². The highest BCUT2D eigenvalue weighted by Gasteiger charge is 2.47. The number of hydrogen-bond acceptors (Lipinski definition) is 7. The van der Waals surface area contributed by atoms with E-state index in [9.17, 15) is 18.0 Å². The fourth-order valence-corrected chi connectivity index (χ4v) is 3.88. The van der Waals surface area contributed by atoms with Crippen molar-refractivity contribution < 1.29 is 22.6 Å². The summed E-state index contributed by atoms with van der Waals surface area (Å²) < 4.78 is 53.6. The predicted molar refractivity (Wildman–Crippen MR) is 104 cm³/mol. The quantitative estimate of drug-likeness (QED) is 0.748. The summed E-state index contributed by atoms with van der Waals surface area (Å²) in [6, 6.07) is 2.36. The summed E-state index contributed by atoms with van der Waals surface area (Å²) in [5, 5.41) is 0. The molecule has 0 amide bonds. The van der Waals surface area contributed by atoms with Crippen LogP contribution in [0.15, 0.2) is 29.2 Å². The second-order valence-corrected chi connectivity index (χ2v) is 7.29. The van der Waals surface area contributed by atoms with Gasteiger partial charge in [0.2, 0.25) is 11.8 Å². The lowest BCUT2D eigenvalue weighted by Gasteiger charge is -2.40. The van der Waals surface area contributed by atoms with Gasteiger partial charge in [-0.05, 0) is 19.4 Å². The molecule has 2 atom stereocenters. The molecule has 1 saturated heterocycles. The highest BCUT2D eigenvalue weighted by atomic mass is 19.4. The number of alkyl halides is 3. The molecule has 1 fully saturated rings. The largest absolute Gasteiger partial charge is 0.481 e. The summed E-state index contributed by atoms with van der Waals surface area (Å²) in [5.41, 5.74) is -0.183. The molecule has 162 valence electrons. The van der Waals surface area contributed by atoms with Crippen molar-refractivity contribution >= 4 is 17.5 Å². The number of pyridine rings is 1. The van der Waals surface area contributed by atoms with Crippen LogP contribution in [0.2, 0.25) is 0 Å². The summed E-state index contributed by atoms with van der Waals surface area (Å²) in [4.78, 5) is 24.2. The number of morpholine rings is 1. The summed E-state index contributed by atoms with van der Waals surface area (Å²) in [7, 11) is 1.39. The summed E-state index contributed by atoms with van der Waals surface area (Å²) >= 11 is 0. The van der Waals surface area contributed by atoms with Crippen LogP contribution < -0.4 is 20.1 Å². The SMILES string of the molecule is COc1cc(N2c3nc(N4CCOC[C@H]4C)cc(=O)n3CC[C@H]2C(F)(F)F)ccn1. The second kappa shape index (κ2) is 7.78. The molecule has 8 nitrogen and oxygen atoms in total. The van der Waals surface area contributed by atoms with Crippen LogP contribution in [0, 0.1) is 0 Å². The Kier molecular flexibility index (Phi) is 5.31. The smallest absolute Gasteiger partial charge is 0.409 e. The minimum absolute atomic E-state index is 0.0435. The van der Waals surface area contributed by atoms with Crippen LogP contribution in [0.1, 0.15) is 13.3 Å². The number of hydrogen-bond donors (Lipinski definition) is 0. The van der Waals surface area contributed by atoms with Gasteiger partial charge in [0.25, 0.3) is 5.56 Å². The van der Waals surface area contributed by atoms with Crippen molar-refractivity contribution in [2.75, 3.05) is 36.7 Å². The fraction of sp³-hybridized carbons (Fsp3) is 0.526. The normalized spacial score (nSPS) is 22.0. The van der Waals surface area contributed by atoms with Crippen LogP contribution in [0.4, 0.5) is 30.6 Å². The van der Waals surface area contributed by atoms with Crippen molar-refractivity contribution in [3.63, 3.8) is 0 Å². The Hall–Kier alpha value is -2.82. The highest BCUT2D eigenvalue weighted by molar-refractivity contribution is 5.62. The second-order valence-electron chi connectivity index (χ2n) is 7.29. The lowest BCUT2D eigenvalue weighted by atomic mass is 10.1. The van der Waals surface area contributed by atoms with Crippen molar-refractivity contribution in [2.45, 2.75) is 38.1 Å². The van der Waals surface area contributed by atoms with Crippen molar-refractivity contribution in [1.82, 2.24) is 14.5 Å². The number of anilines is 3. The molecule has 0 N–H and O–H groups in total. The first kappa shape index (κ1) is 20.5. The van der Waals surface area contributed by atoms with E-state index < -0.39 is 12.2 Å². The van der Waals surface area contributed by atoms with Crippen LogP contribution in [0.3, 0.4) is 0 Å². The maximum atomic E-state index is 13.9. The number of methoxy groups -OCH3 is 1. The number of fused-ring (bicyclic) bond motifs is 1. The van der Waals surface area contributed by atoms with Gasteiger partial charge in [-0.1, -0.05) is 0 Å². The average molecular weight is 425 g/mol. The van der Waals surface area contributed by atoms with Crippen molar-refractivity contribution in [3.8, 4) is 5.88 Å². The molecular weight excluding hydrogens is 403 g/mol. The van der Waals surface area contributed by atoms with Crippen molar-refractivity contribution in [3.05, 3.63) is 34.7 Å². The van der Waals surface area contributed by atoms with Gasteiger partial charge in [-0.3, -0.25) is 14.3 Å². The Bertz CT molecular complexity index is 981. The Morgan fingerprint density at radius 1 is 1.27 bits per heavy atom. The van der Waals surface area contributed by atoms with E-state index in [2.05, 4.69) is 9.97 Å². The molecule has 0 aromatic carbocycles. The first-order valence-electron chi connectivity index (χ1n) is 9.62. The maximum absolute atomic E-state index is 13.9. The van der Waals surface area contributed by atoms with Crippen LogP contribution in [-0.2, 0) is 11.3 Å². The van der Waals surface area contributed by atoms with E-state index in [-0.39, 0.29) is 42.1 Å². The molecule has 0 saturated carbocycles. The first-order chi connectivity index (χ1) is 14.3. The van der Waals surface area contributed by atoms with Gasteiger partial charge in [-0.25, -0.2) is 4.98 Å². The van der Waals surface area contributed by atoms with Crippen LogP contribution in [0.25, 0.3) is 0 Å². The van der Waals surface area contributed by atoms with E-state index in [0.29, 0.717) is 25.6 Å². The van der Waals surface area contributed by atoms with E-state index >= 15 is 0 Å². The highest BCUT2D eigenvalue weighted by Crippen LogP contribution is 2.39. The minimum Gasteiger partial charge on any atom is -0.481 e. The monoisotopic (exact) mass is 425 g/mol. The first-order valence-corrected chi connectivity index (χ1v) is 9.62. The van der Waals surface area contributed by atoms with Gasteiger partial charge in [-0.15, -0.1) is 0 Å². The van der Waals surface area contributed by atoms with Gasteiger partial charge in [0.05, 0.1) is 32.1 Å². The van der Waals surface area contributed by atoms with Gasteiger partial charge in [0, 0.05) is 31.4 Å². The summed E-state index contributed by atoms with van der Waals surface area (Å²) in [6.07, 6.45) is -3.41. The molecule has 0 radical (unpaired) electrons. The lowest BCUT2D eigenvalue weighted by molar-refractivity contribution is -0.150. The zero-order valence-corrected chi connectivity index (χ0v) is 16.6. The number of nitrogens with zero attached hydrogens (tertiary/aromatic N) is 5. The zero-order valence-electron chi connectivity index (χ0n) is 16.6. The fourth-order valence-electron chi connectivity index (χ4n) is 3.88. The van der Waals surface area contributed by atoms with Gasteiger partial charge in [0.15, 0.2) is 0 Å². The summed E-state index contributed by atoms with van der Waals surface area (Å²) in [6.45, 7) is 3.27. The molecule has 0 spiro atoms. The number of aromatic nitrogens is 3. The molecule has 2 aromatic heterocycles. The van der Waals surface area contributed by atoms with Crippen LogP contribution in [0.5, 0.6) is 5.88 Å². The Morgan fingerprint density at radius 3 is 2.77 bits per heavy atom. The minimum atomic E-state index is -4.51. The zero-order chi connectivity index (χ0) is 21.5. The predicted octanol–water partition coefficient (Wildman–Crippen LogP) is 2.34. The summed E-state index contributed by atoms with van der Waals surface area (Å²) in [5.74, 6) is 0.472. The third-order valence-corrected chi connectivity index (χ3v) is 5.37. The van der Waals surface area contributed by atoms with E-state index in [4.69, 9.17) is 9.47 Å².